The van der Waals surface area contributed by atoms with Crippen molar-refractivity contribution in [3.8, 4) is 0 Å². The Balaban J connectivity index is 3.12. The molecule has 94 valence electrons. The van der Waals surface area contributed by atoms with Crippen LogP contribution in [-0.2, 0) is 14.6 Å². The number of hydrogen-bond donors (Lipinski definition) is 1. The van der Waals surface area contributed by atoms with Crippen molar-refractivity contribution in [3.63, 3.8) is 0 Å². The van der Waals surface area contributed by atoms with Crippen molar-refractivity contribution in [2.75, 3.05) is 11.6 Å². The first-order chi connectivity index (χ1) is 7.71. The molecule has 0 heterocycles. The molecule has 0 aliphatic rings. The molecule has 1 amide bonds. The van der Waals surface area contributed by atoms with Gasteiger partial charge in [0.05, 0.1) is 4.90 Å². The molecule has 0 aromatic heterocycles. The van der Waals surface area contributed by atoms with Crippen LogP contribution in [0.2, 0.25) is 0 Å². The molecular weight excluding hydrogens is 238 g/mol. The molecule has 0 fully saturated rings. The molecule has 0 bridgehead atoms. The van der Waals surface area contributed by atoms with Crippen molar-refractivity contribution < 1.29 is 13.2 Å². The van der Waals surface area contributed by atoms with Crippen LogP contribution in [0.15, 0.2) is 23.1 Å². The molecule has 0 radical (unpaired) electrons. The monoisotopic (exact) mass is 255 g/mol. The minimum absolute atomic E-state index is 0.126. The Morgan fingerprint density at radius 3 is 2.35 bits per heavy atom. The van der Waals surface area contributed by atoms with E-state index in [0.717, 1.165) is 11.8 Å². The molecule has 1 rings (SSSR count). The first-order valence-corrected chi connectivity index (χ1v) is 7.22. The highest BCUT2D eigenvalue weighted by molar-refractivity contribution is 7.90. The highest BCUT2D eigenvalue weighted by atomic mass is 32.2. The lowest BCUT2D eigenvalue weighted by molar-refractivity contribution is -0.118. The third-order valence-corrected chi connectivity index (χ3v) is 3.53. The number of benzene rings is 1. The van der Waals surface area contributed by atoms with E-state index in [0.29, 0.717) is 5.69 Å². The second kappa shape index (κ2) is 4.87. The van der Waals surface area contributed by atoms with Gasteiger partial charge in [-0.25, -0.2) is 8.42 Å². The number of carbonyl (C=O) groups is 1. The van der Waals surface area contributed by atoms with E-state index in [9.17, 15) is 13.2 Å². The van der Waals surface area contributed by atoms with Crippen LogP contribution in [-0.4, -0.2) is 20.6 Å². The zero-order valence-electron chi connectivity index (χ0n) is 10.4. The van der Waals surface area contributed by atoms with E-state index in [1.165, 1.54) is 12.1 Å². The minimum Gasteiger partial charge on any atom is -0.326 e. The fourth-order valence-electron chi connectivity index (χ4n) is 1.24. The van der Waals surface area contributed by atoms with Gasteiger partial charge in [-0.3, -0.25) is 4.79 Å². The Labute approximate surface area is 102 Å². The third kappa shape index (κ3) is 3.56. The van der Waals surface area contributed by atoms with Crippen molar-refractivity contribution in [2.45, 2.75) is 25.7 Å². The van der Waals surface area contributed by atoms with Gasteiger partial charge < -0.3 is 5.32 Å². The summed E-state index contributed by atoms with van der Waals surface area (Å²) in [5, 5.41) is 2.72. The van der Waals surface area contributed by atoms with Crippen LogP contribution in [0.1, 0.15) is 19.4 Å². The minimum atomic E-state index is -3.25. The Kier molecular flexibility index (Phi) is 3.93. The highest BCUT2D eigenvalue weighted by Gasteiger charge is 2.12. The SMILES string of the molecule is Cc1ccc(S(C)(=O)=O)cc1NC(=O)C(C)C. The third-order valence-electron chi connectivity index (χ3n) is 2.42. The molecule has 0 saturated heterocycles. The van der Waals surface area contributed by atoms with E-state index in [1.54, 1.807) is 19.9 Å². The Morgan fingerprint density at radius 1 is 1.29 bits per heavy atom. The van der Waals surface area contributed by atoms with E-state index in [1.807, 2.05) is 6.92 Å². The maximum atomic E-state index is 11.6. The molecule has 4 nitrogen and oxygen atoms in total. The fraction of sp³-hybridized carbons (Fsp3) is 0.417. The lowest BCUT2D eigenvalue weighted by Gasteiger charge is -2.11. The zero-order valence-corrected chi connectivity index (χ0v) is 11.3. The van der Waals surface area contributed by atoms with Crippen molar-refractivity contribution >= 4 is 21.4 Å². The van der Waals surface area contributed by atoms with Gasteiger partial charge in [-0.2, -0.15) is 0 Å². The lowest BCUT2D eigenvalue weighted by atomic mass is 10.1. The van der Waals surface area contributed by atoms with E-state index in [2.05, 4.69) is 5.32 Å². The van der Waals surface area contributed by atoms with Gasteiger partial charge in [0.2, 0.25) is 5.91 Å². The maximum absolute atomic E-state index is 11.6. The summed E-state index contributed by atoms with van der Waals surface area (Å²) in [6.45, 7) is 5.39. The quantitative estimate of drug-likeness (QED) is 0.898. The van der Waals surface area contributed by atoms with Gasteiger partial charge in [-0.15, -0.1) is 0 Å². The Bertz CT molecular complexity index is 533. The number of sulfone groups is 1. The molecule has 0 spiro atoms. The summed E-state index contributed by atoms with van der Waals surface area (Å²) >= 11 is 0. The normalized spacial score (nSPS) is 11.6. The van der Waals surface area contributed by atoms with E-state index < -0.39 is 9.84 Å². The first kappa shape index (κ1) is 13.7. The average Bonchev–Trinajstić information content (AvgIpc) is 2.19. The number of hydrogen-bond acceptors (Lipinski definition) is 3. The molecule has 5 heteroatoms. The molecule has 0 saturated carbocycles. The molecule has 0 aliphatic carbocycles. The van der Waals surface area contributed by atoms with Gasteiger partial charge in [0.15, 0.2) is 9.84 Å². The number of carbonyl (C=O) groups excluding carboxylic acids is 1. The molecule has 17 heavy (non-hydrogen) atoms. The van der Waals surface area contributed by atoms with Crippen LogP contribution in [0.25, 0.3) is 0 Å². The number of aryl methyl sites for hydroxylation is 1. The average molecular weight is 255 g/mol. The van der Waals surface area contributed by atoms with Crippen LogP contribution in [0.4, 0.5) is 5.69 Å². The molecule has 1 aromatic rings. The molecular formula is C12H17NO3S. The predicted molar refractivity (Wildman–Crippen MR) is 67.8 cm³/mol. The second-order valence-electron chi connectivity index (χ2n) is 4.39. The van der Waals surface area contributed by atoms with Gasteiger partial charge in [0.25, 0.3) is 0 Å². The summed E-state index contributed by atoms with van der Waals surface area (Å²) in [6, 6.07) is 4.72. The summed E-state index contributed by atoms with van der Waals surface area (Å²) in [5.41, 5.74) is 1.39. The van der Waals surface area contributed by atoms with Gasteiger partial charge >= 0.3 is 0 Å². The van der Waals surface area contributed by atoms with Crippen molar-refractivity contribution in [1.82, 2.24) is 0 Å². The van der Waals surface area contributed by atoms with Crippen LogP contribution >= 0.6 is 0 Å². The van der Waals surface area contributed by atoms with E-state index in [-0.39, 0.29) is 16.7 Å². The fourth-order valence-corrected chi connectivity index (χ4v) is 1.89. The summed E-state index contributed by atoms with van der Waals surface area (Å²) < 4.78 is 22.8. The summed E-state index contributed by atoms with van der Waals surface area (Å²) in [4.78, 5) is 11.8. The van der Waals surface area contributed by atoms with Crippen LogP contribution < -0.4 is 5.32 Å². The van der Waals surface area contributed by atoms with Crippen molar-refractivity contribution in [2.24, 2.45) is 5.92 Å². The molecule has 0 atom stereocenters. The standard InChI is InChI=1S/C12H17NO3S/c1-8(2)12(14)13-11-7-10(17(4,15)16)6-5-9(11)3/h5-8H,1-4H3,(H,13,14). The van der Waals surface area contributed by atoms with Crippen LogP contribution in [0, 0.1) is 12.8 Å². The Hall–Kier alpha value is -1.36. The zero-order chi connectivity index (χ0) is 13.2. The van der Waals surface area contributed by atoms with Crippen molar-refractivity contribution in [3.05, 3.63) is 23.8 Å². The number of rotatable bonds is 3. The summed E-state index contributed by atoms with van der Waals surface area (Å²) in [5.74, 6) is -0.268. The number of amides is 1. The smallest absolute Gasteiger partial charge is 0.226 e. The lowest BCUT2D eigenvalue weighted by Crippen LogP contribution is -2.18. The number of anilines is 1. The molecule has 1 N–H and O–H groups in total. The van der Waals surface area contributed by atoms with Crippen LogP contribution in [0.3, 0.4) is 0 Å². The van der Waals surface area contributed by atoms with Gasteiger partial charge in [0.1, 0.15) is 0 Å². The molecule has 0 aliphatic heterocycles. The van der Waals surface area contributed by atoms with E-state index >= 15 is 0 Å². The van der Waals surface area contributed by atoms with Gasteiger partial charge in [-0.05, 0) is 24.6 Å². The van der Waals surface area contributed by atoms with Crippen LogP contribution in [0.5, 0.6) is 0 Å². The topological polar surface area (TPSA) is 63.2 Å². The molecule has 0 unspecified atom stereocenters. The van der Waals surface area contributed by atoms with Gasteiger partial charge in [-0.1, -0.05) is 19.9 Å². The van der Waals surface area contributed by atoms with Crippen molar-refractivity contribution in [1.29, 1.82) is 0 Å². The second-order valence-corrected chi connectivity index (χ2v) is 6.41. The summed E-state index contributed by atoms with van der Waals surface area (Å²) in [6.07, 6.45) is 1.14. The highest BCUT2D eigenvalue weighted by Crippen LogP contribution is 2.20. The molecule has 1 aromatic carbocycles. The van der Waals surface area contributed by atoms with E-state index in [4.69, 9.17) is 0 Å². The predicted octanol–water partition coefficient (Wildman–Crippen LogP) is 1.99. The first-order valence-electron chi connectivity index (χ1n) is 5.33. The van der Waals surface area contributed by atoms with Gasteiger partial charge in [0, 0.05) is 17.9 Å². The number of nitrogens with one attached hydrogen (secondary N) is 1. The summed E-state index contributed by atoms with van der Waals surface area (Å²) in [7, 11) is -3.25. The Morgan fingerprint density at radius 2 is 1.88 bits per heavy atom. The largest absolute Gasteiger partial charge is 0.326 e. The maximum Gasteiger partial charge on any atom is 0.226 e.